The van der Waals surface area contributed by atoms with Crippen molar-refractivity contribution in [3.63, 3.8) is 0 Å². The van der Waals surface area contributed by atoms with Gasteiger partial charge in [-0.2, -0.15) is 0 Å². The lowest BCUT2D eigenvalue weighted by Crippen LogP contribution is -2.45. The van der Waals surface area contributed by atoms with Gasteiger partial charge in [0.25, 0.3) is 0 Å². The van der Waals surface area contributed by atoms with Crippen LogP contribution >= 0.6 is 0 Å². The summed E-state index contributed by atoms with van der Waals surface area (Å²) in [5.41, 5.74) is 2.20. The SMILES string of the molecule is Cc1ccc2ncnc(N3CCOC(COC(C)C)C3)c2c1. The second kappa shape index (κ2) is 6.58. The quantitative estimate of drug-likeness (QED) is 0.868. The number of morpholine rings is 1. The minimum absolute atomic E-state index is 0.0889. The van der Waals surface area contributed by atoms with Crippen molar-refractivity contribution >= 4 is 16.7 Å². The number of anilines is 1. The molecule has 0 spiro atoms. The Morgan fingerprint density at radius 2 is 2.23 bits per heavy atom. The first kappa shape index (κ1) is 15.2. The Morgan fingerprint density at radius 1 is 1.36 bits per heavy atom. The van der Waals surface area contributed by atoms with Crippen LogP contribution in [0.3, 0.4) is 0 Å². The van der Waals surface area contributed by atoms with Crippen molar-refractivity contribution in [3.05, 3.63) is 30.1 Å². The number of ether oxygens (including phenoxy) is 2. The molecule has 0 aliphatic carbocycles. The molecule has 5 heteroatoms. The highest BCUT2D eigenvalue weighted by molar-refractivity contribution is 5.89. The van der Waals surface area contributed by atoms with Gasteiger partial charge in [-0.15, -0.1) is 0 Å². The number of aryl methyl sites for hydroxylation is 1. The molecule has 1 aliphatic rings. The molecule has 1 atom stereocenters. The normalized spacial score (nSPS) is 19.1. The Balaban J connectivity index is 1.82. The molecular formula is C17H23N3O2. The molecule has 2 aromatic rings. The van der Waals surface area contributed by atoms with Gasteiger partial charge in [-0.1, -0.05) is 11.6 Å². The highest BCUT2D eigenvalue weighted by Gasteiger charge is 2.23. The smallest absolute Gasteiger partial charge is 0.140 e. The Labute approximate surface area is 131 Å². The van der Waals surface area contributed by atoms with E-state index in [1.165, 1.54) is 5.56 Å². The van der Waals surface area contributed by atoms with Crippen LogP contribution in [-0.2, 0) is 9.47 Å². The van der Waals surface area contributed by atoms with E-state index in [2.05, 4.69) is 40.0 Å². The predicted molar refractivity (Wildman–Crippen MR) is 87.3 cm³/mol. The first-order valence-corrected chi connectivity index (χ1v) is 7.83. The molecule has 0 N–H and O–H groups in total. The van der Waals surface area contributed by atoms with E-state index in [-0.39, 0.29) is 12.2 Å². The van der Waals surface area contributed by atoms with Crippen molar-refractivity contribution in [1.29, 1.82) is 0 Å². The summed E-state index contributed by atoms with van der Waals surface area (Å²) in [5.74, 6) is 0.992. The molecule has 0 bridgehead atoms. The van der Waals surface area contributed by atoms with Gasteiger partial charge >= 0.3 is 0 Å². The van der Waals surface area contributed by atoms with Gasteiger partial charge in [0.2, 0.25) is 0 Å². The van der Waals surface area contributed by atoms with E-state index in [1.807, 2.05) is 13.8 Å². The van der Waals surface area contributed by atoms with Gasteiger partial charge in [0.15, 0.2) is 0 Å². The zero-order valence-electron chi connectivity index (χ0n) is 13.5. The molecule has 1 saturated heterocycles. The number of rotatable bonds is 4. The zero-order chi connectivity index (χ0) is 15.5. The van der Waals surface area contributed by atoms with Gasteiger partial charge in [0, 0.05) is 18.5 Å². The minimum Gasteiger partial charge on any atom is -0.376 e. The number of nitrogens with zero attached hydrogens (tertiary/aromatic N) is 3. The van der Waals surface area contributed by atoms with Gasteiger partial charge in [-0.25, -0.2) is 9.97 Å². The topological polar surface area (TPSA) is 47.5 Å². The van der Waals surface area contributed by atoms with E-state index in [1.54, 1.807) is 6.33 Å². The van der Waals surface area contributed by atoms with Crippen LogP contribution in [0.5, 0.6) is 0 Å². The van der Waals surface area contributed by atoms with Crippen molar-refractivity contribution in [1.82, 2.24) is 9.97 Å². The van der Waals surface area contributed by atoms with Gasteiger partial charge in [0.1, 0.15) is 12.1 Å². The van der Waals surface area contributed by atoms with Crippen LogP contribution in [0.25, 0.3) is 10.9 Å². The van der Waals surface area contributed by atoms with Crippen LogP contribution in [0.2, 0.25) is 0 Å². The van der Waals surface area contributed by atoms with Crippen LogP contribution in [0.15, 0.2) is 24.5 Å². The van der Waals surface area contributed by atoms with Crippen molar-refractivity contribution in [3.8, 4) is 0 Å². The summed E-state index contributed by atoms with van der Waals surface area (Å²) in [6.45, 7) is 9.14. The third kappa shape index (κ3) is 3.36. The lowest BCUT2D eigenvalue weighted by atomic mass is 10.1. The summed E-state index contributed by atoms with van der Waals surface area (Å²) in [6, 6.07) is 6.28. The molecule has 1 aromatic heterocycles. The summed E-state index contributed by atoms with van der Waals surface area (Å²) in [4.78, 5) is 11.2. The van der Waals surface area contributed by atoms with Crippen LogP contribution in [0.1, 0.15) is 19.4 Å². The molecule has 0 amide bonds. The summed E-state index contributed by atoms with van der Waals surface area (Å²) >= 11 is 0. The maximum atomic E-state index is 5.81. The van der Waals surface area contributed by atoms with Gasteiger partial charge < -0.3 is 14.4 Å². The van der Waals surface area contributed by atoms with E-state index in [9.17, 15) is 0 Å². The third-order valence-electron chi connectivity index (χ3n) is 3.82. The first-order valence-electron chi connectivity index (χ1n) is 7.83. The molecule has 2 heterocycles. The van der Waals surface area contributed by atoms with E-state index >= 15 is 0 Å². The molecule has 1 fully saturated rings. The first-order chi connectivity index (χ1) is 10.6. The fourth-order valence-corrected chi connectivity index (χ4v) is 2.72. The molecule has 118 valence electrons. The van der Waals surface area contributed by atoms with Crippen LogP contribution in [0, 0.1) is 6.92 Å². The Hall–Kier alpha value is -1.72. The Kier molecular flexibility index (Phi) is 4.55. The minimum atomic E-state index is 0.0889. The largest absolute Gasteiger partial charge is 0.376 e. The van der Waals surface area contributed by atoms with Crippen molar-refractivity contribution in [2.75, 3.05) is 31.2 Å². The number of hydrogen-bond donors (Lipinski definition) is 0. The second-order valence-corrected chi connectivity index (χ2v) is 6.04. The Morgan fingerprint density at radius 3 is 3.05 bits per heavy atom. The lowest BCUT2D eigenvalue weighted by molar-refractivity contribution is -0.0406. The van der Waals surface area contributed by atoms with E-state index < -0.39 is 0 Å². The standard InChI is InChI=1S/C17H23N3O2/c1-12(2)22-10-14-9-20(6-7-21-14)17-15-8-13(3)4-5-16(15)18-11-19-17/h4-5,8,11-12,14H,6-7,9-10H2,1-3H3. The van der Waals surface area contributed by atoms with Crippen molar-refractivity contribution < 1.29 is 9.47 Å². The lowest BCUT2D eigenvalue weighted by Gasteiger charge is -2.34. The molecule has 5 nitrogen and oxygen atoms in total. The average Bonchev–Trinajstić information content (AvgIpc) is 2.52. The Bertz CT molecular complexity index is 645. The molecule has 0 saturated carbocycles. The average molecular weight is 301 g/mol. The number of aromatic nitrogens is 2. The van der Waals surface area contributed by atoms with Crippen molar-refractivity contribution in [2.24, 2.45) is 0 Å². The van der Waals surface area contributed by atoms with Crippen LogP contribution < -0.4 is 4.90 Å². The number of fused-ring (bicyclic) bond motifs is 1. The molecule has 0 radical (unpaired) electrons. The van der Waals surface area contributed by atoms with Gasteiger partial charge in [-0.05, 0) is 32.9 Å². The van der Waals surface area contributed by atoms with E-state index in [4.69, 9.17) is 9.47 Å². The van der Waals surface area contributed by atoms with Crippen molar-refractivity contribution in [2.45, 2.75) is 33.0 Å². The van der Waals surface area contributed by atoms with Crippen LogP contribution in [0.4, 0.5) is 5.82 Å². The summed E-state index contributed by atoms with van der Waals surface area (Å²) < 4.78 is 11.5. The fourth-order valence-electron chi connectivity index (χ4n) is 2.72. The van der Waals surface area contributed by atoms with Gasteiger partial charge in [0.05, 0.1) is 30.9 Å². The highest BCUT2D eigenvalue weighted by Crippen LogP contribution is 2.25. The maximum Gasteiger partial charge on any atom is 0.140 e. The highest BCUT2D eigenvalue weighted by atomic mass is 16.5. The molecule has 22 heavy (non-hydrogen) atoms. The fraction of sp³-hybridized carbons (Fsp3) is 0.529. The number of hydrogen-bond acceptors (Lipinski definition) is 5. The van der Waals surface area contributed by atoms with E-state index in [0.717, 1.165) is 29.8 Å². The summed E-state index contributed by atoms with van der Waals surface area (Å²) in [7, 11) is 0. The molecule has 1 unspecified atom stereocenters. The second-order valence-electron chi connectivity index (χ2n) is 6.04. The molecule has 1 aromatic carbocycles. The maximum absolute atomic E-state index is 5.81. The predicted octanol–water partition coefficient (Wildman–Crippen LogP) is 2.57. The molecule has 3 rings (SSSR count). The van der Waals surface area contributed by atoms with Gasteiger partial charge in [-0.3, -0.25) is 0 Å². The summed E-state index contributed by atoms with van der Waals surface area (Å²) in [5, 5.41) is 1.10. The molecule has 1 aliphatic heterocycles. The number of benzene rings is 1. The third-order valence-corrected chi connectivity index (χ3v) is 3.82. The van der Waals surface area contributed by atoms with Crippen LogP contribution in [-0.4, -0.2) is 48.5 Å². The summed E-state index contributed by atoms with van der Waals surface area (Å²) in [6.07, 6.45) is 1.95. The van der Waals surface area contributed by atoms with E-state index in [0.29, 0.717) is 13.2 Å². The monoisotopic (exact) mass is 301 g/mol. The molecular weight excluding hydrogens is 278 g/mol. The zero-order valence-corrected chi connectivity index (χ0v) is 13.5.